The van der Waals surface area contributed by atoms with E-state index in [1.807, 2.05) is 0 Å². The van der Waals surface area contributed by atoms with Crippen LogP contribution in [0, 0.1) is 22.5 Å². The number of rotatable bonds is 6. The summed E-state index contributed by atoms with van der Waals surface area (Å²) in [5.74, 6) is 2.73. The summed E-state index contributed by atoms with van der Waals surface area (Å²) in [6, 6.07) is 3.03. The Kier molecular flexibility index (Phi) is 4.89. The van der Waals surface area contributed by atoms with Crippen LogP contribution in [0.2, 0.25) is 0 Å². The van der Waals surface area contributed by atoms with Crippen molar-refractivity contribution in [1.82, 2.24) is 9.97 Å². The van der Waals surface area contributed by atoms with Gasteiger partial charge in [0.15, 0.2) is 0 Å². The minimum atomic E-state index is -0.386. The van der Waals surface area contributed by atoms with Gasteiger partial charge in [0.1, 0.15) is 5.82 Å². The lowest BCUT2D eigenvalue weighted by Gasteiger charge is -2.09. The smallest absolute Gasteiger partial charge is 0.273 e. The van der Waals surface area contributed by atoms with E-state index in [0.717, 1.165) is 25.7 Å². The number of terminal acetylenes is 1. The van der Waals surface area contributed by atoms with Crippen molar-refractivity contribution < 1.29 is 4.92 Å². The van der Waals surface area contributed by atoms with E-state index < -0.39 is 0 Å². The van der Waals surface area contributed by atoms with Gasteiger partial charge in [0, 0.05) is 11.6 Å². The molecule has 0 amide bonds. The van der Waals surface area contributed by atoms with Gasteiger partial charge < -0.3 is 5.73 Å². The number of benzene rings is 1. The van der Waals surface area contributed by atoms with Crippen LogP contribution in [0.15, 0.2) is 12.1 Å². The van der Waals surface area contributed by atoms with E-state index in [1.54, 1.807) is 6.07 Å². The van der Waals surface area contributed by atoms with E-state index in [0.29, 0.717) is 22.9 Å². The van der Waals surface area contributed by atoms with Crippen LogP contribution in [-0.4, -0.2) is 14.9 Å². The zero-order valence-electron chi connectivity index (χ0n) is 12.5. The Bertz CT molecular complexity index is 750. The molecule has 6 heteroatoms. The molecule has 2 rings (SSSR count). The summed E-state index contributed by atoms with van der Waals surface area (Å²) in [7, 11) is 0. The molecule has 0 aliphatic rings. The molecule has 0 saturated heterocycles. The Hall–Kier alpha value is -2.68. The third kappa shape index (κ3) is 3.14. The Morgan fingerprint density at radius 3 is 2.73 bits per heavy atom. The minimum Gasteiger partial charge on any atom is -0.383 e. The third-order valence-corrected chi connectivity index (χ3v) is 3.58. The van der Waals surface area contributed by atoms with E-state index >= 15 is 0 Å². The average Bonchev–Trinajstić information content (AvgIpc) is 2.50. The number of fused-ring (bicyclic) bond motifs is 1. The summed E-state index contributed by atoms with van der Waals surface area (Å²) in [6.45, 7) is 2.12. The summed E-state index contributed by atoms with van der Waals surface area (Å²) in [5, 5.41) is 11.8. The van der Waals surface area contributed by atoms with Crippen LogP contribution in [0.25, 0.3) is 10.9 Å². The van der Waals surface area contributed by atoms with Gasteiger partial charge in [-0.3, -0.25) is 10.1 Å². The van der Waals surface area contributed by atoms with Crippen molar-refractivity contribution in [3.63, 3.8) is 0 Å². The summed E-state index contributed by atoms with van der Waals surface area (Å²) >= 11 is 0. The normalized spacial score (nSPS) is 10.5. The minimum absolute atomic E-state index is 0.0627. The molecule has 0 saturated carbocycles. The van der Waals surface area contributed by atoms with Crippen LogP contribution < -0.4 is 5.73 Å². The second-order valence-electron chi connectivity index (χ2n) is 5.10. The van der Waals surface area contributed by atoms with Gasteiger partial charge in [0.05, 0.1) is 15.8 Å². The summed E-state index contributed by atoms with van der Waals surface area (Å²) < 4.78 is 0. The zero-order chi connectivity index (χ0) is 16.1. The fourth-order valence-corrected chi connectivity index (χ4v) is 2.53. The molecule has 0 radical (unpaired) electrons. The molecule has 1 aromatic carbocycles. The highest BCUT2D eigenvalue weighted by Crippen LogP contribution is 2.31. The number of anilines is 1. The van der Waals surface area contributed by atoms with E-state index in [-0.39, 0.29) is 22.3 Å². The standard InChI is InChI=1S/C16H18N4O2/c1-3-5-6-7-8-11-13(20(21)22)10-9-12-15(11)16(17)19-14(4-2)18-12/h2,9-10H,3,5-8H2,1H3,(H2,17,18,19). The van der Waals surface area contributed by atoms with Crippen molar-refractivity contribution >= 4 is 22.4 Å². The van der Waals surface area contributed by atoms with Crippen molar-refractivity contribution in [3.05, 3.63) is 33.6 Å². The maximum Gasteiger partial charge on any atom is 0.273 e. The van der Waals surface area contributed by atoms with Crippen LogP contribution in [0.3, 0.4) is 0 Å². The number of nitro groups is 1. The molecule has 2 aromatic rings. The molecule has 0 atom stereocenters. The highest BCUT2D eigenvalue weighted by Gasteiger charge is 2.19. The molecule has 22 heavy (non-hydrogen) atoms. The van der Waals surface area contributed by atoms with E-state index in [4.69, 9.17) is 12.2 Å². The van der Waals surface area contributed by atoms with Gasteiger partial charge in [-0.2, -0.15) is 0 Å². The molecule has 0 aliphatic heterocycles. The molecule has 1 aromatic heterocycles. The first-order valence-electron chi connectivity index (χ1n) is 7.28. The van der Waals surface area contributed by atoms with Crippen molar-refractivity contribution in [1.29, 1.82) is 0 Å². The van der Waals surface area contributed by atoms with E-state index in [1.165, 1.54) is 6.07 Å². The largest absolute Gasteiger partial charge is 0.383 e. The molecule has 0 spiro atoms. The van der Waals surface area contributed by atoms with Crippen LogP contribution in [0.4, 0.5) is 11.5 Å². The Balaban J connectivity index is 2.54. The molecule has 1 heterocycles. The topological polar surface area (TPSA) is 94.9 Å². The molecular formula is C16H18N4O2. The Labute approximate surface area is 128 Å². The van der Waals surface area contributed by atoms with Gasteiger partial charge in [-0.15, -0.1) is 6.42 Å². The number of nitrogens with two attached hydrogens (primary N) is 1. The van der Waals surface area contributed by atoms with Crippen LogP contribution in [0.1, 0.15) is 44.0 Å². The van der Waals surface area contributed by atoms with Crippen LogP contribution in [-0.2, 0) is 6.42 Å². The van der Waals surface area contributed by atoms with Crippen LogP contribution in [0.5, 0.6) is 0 Å². The SMILES string of the molecule is C#Cc1nc(N)c2c(CCCCCC)c([N+](=O)[O-])ccc2n1. The summed E-state index contributed by atoms with van der Waals surface area (Å²) in [5.41, 5.74) is 7.18. The van der Waals surface area contributed by atoms with Gasteiger partial charge in [-0.1, -0.05) is 26.2 Å². The highest BCUT2D eigenvalue weighted by molar-refractivity contribution is 5.94. The Morgan fingerprint density at radius 2 is 2.09 bits per heavy atom. The molecule has 0 bridgehead atoms. The second kappa shape index (κ2) is 6.85. The summed E-state index contributed by atoms with van der Waals surface area (Å²) in [6.07, 6.45) is 9.98. The molecule has 2 N–H and O–H groups in total. The number of aromatic nitrogens is 2. The average molecular weight is 298 g/mol. The van der Waals surface area contributed by atoms with E-state index in [2.05, 4.69) is 22.8 Å². The lowest BCUT2D eigenvalue weighted by atomic mass is 10.00. The fourth-order valence-electron chi connectivity index (χ4n) is 2.53. The van der Waals surface area contributed by atoms with Gasteiger partial charge >= 0.3 is 0 Å². The first kappa shape index (κ1) is 15.7. The molecule has 6 nitrogen and oxygen atoms in total. The van der Waals surface area contributed by atoms with Crippen molar-refractivity contribution in [2.45, 2.75) is 39.0 Å². The predicted octanol–water partition coefficient (Wildman–Crippen LogP) is 3.22. The van der Waals surface area contributed by atoms with Crippen molar-refractivity contribution in [2.24, 2.45) is 0 Å². The first-order valence-corrected chi connectivity index (χ1v) is 7.28. The van der Waals surface area contributed by atoms with Crippen molar-refractivity contribution in [2.75, 3.05) is 5.73 Å². The number of unbranched alkanes of at least 4 members (excludes halogenated alkanes) is 3. The van der Waals surface area contributed by atoms with Gasteiger partial charge in [-0.25, -0.2) is 9.97 Å². The predicted molar refractivity (Wildman–Crippen MR) is 86.4 cm³/mol. The van der Waals surface area contributed by atoms with Gasteiger partial charge in [0.2, 0.25) is 5.82 Å². The Morgan fingerprint density at radius 1 is 1.32 bits per heavy atom. The van der Waals surface area contributed by atoms with Crippen molar-refractivity contribution in [3.8, 4) is 12.3 Å². The lowest BCUT2D eigenvalue weighted by Crippen LogP contribution is -2.04. The molecule has 0 aliphatic carbocycles. The number of hydrogen-bond donors (Lipinski definition) is 1. The maximum atomic E-state index is 11.3. The third-order valence-electron chi connectivity index (χ3n) is 3.58. The van der Waals surface area contributed by atoms with Gasteiger partial charge in [0.25, 0.3) is 5.69 Å². The number of aryl methyl sites for hydroxylation is 1. The number of hydrogen-bond acceptors (Lipinski definition) is 5. The van der Waals surface area contributed by atoms with E-state index in [9.17, 15) is 10.1 Å². The number of nitrogens with zero attached hydrogens (tertiary/aromatic N) is 3. The maximum absolute atomic E-state index is 11.3. The quantitative estimate of drug-likeness (QED) is 0.382. The second-order valence-corrected chi connectivity index (χ2v) is 5.10. The lowest BCUT2D eigenvalue weighted by molar-refractivity contribution is -0.385. The molecular weight excluding hydrogens is 280 g/mol. The molecule has 0 fully saturated rings. The number of nitrogen functional groups attached to an aromatic ring is 1. The van der Waals surface area contributed by atoms with Gasteiger partial charge in [-0.05, 0) is 24.8 Å². The molecule has 114 valence electrons. The summed E-state index contributed by atoms with van der Waals surface area (Å²) in [4.78, 5) is 19.1. The molecule has 0 unspecified atom stereocenters. The monoisotopic (exact) mass is 298 g/mol. The van der Waals surface area contributed by atoms with Crippen LogP contribution >= 0.6 is 0 Å². The fraction of sp³-hybridized carbons (Fsp3) is 0.375. The first-order chi connectivity index (χ1) is 10.6. The number of nitro benzene ring substituents is 1. The highest BCUT2D eigenvalue weighted by atomic mass is 16.6. The zero-order valence-corrected chi connectivity index (χ0v) is 12.5.